The van der Waals surface area contributed by atoms with Crippen LogP contribution in [-0.4, -0.2) is 24.1 Å². The van der Waals surface area contributed by atoms with Gasteiger partial charge in [-0.1, -0.05) is 20.8 Å². The number of aryl methyl sites for hydroxylation is 1. The molecule has 0 saturated carbocycles. The Kier molecular flexibility index (Phi) is 4.58. The molecule has 0 bridgehead atoms. The summed E-state index contributed by atoms with van der Waals surface area (Å²) in [6, 6.07) is 3.75. The maximum atomic E-state index is 5.47. The molecular formula is C14H17N5OS2. The van der Waals surface area contributed by atoms with Gasteiger partial charge in [0.25, 0.3) is 0 Å². The zero-order valence-corrected chi connectivity index (χ0v) is 14.3. The maximum absolute atomic E-state index is 5.47. The number of furan rings is 1. The van der Waals surface area contributed by atoms with Gasteiger partial charge < -0.3 is 4.42 Å². The van der Waals surface area contributed by atoms with Gasteiger partial charge in [0.2, 0.25) is 0 Å². The van der Waals surface area contributed by atoms with Gasteiger partial charge in [-0.05, 0) is 41.3 Å². The van der Waals surface area contributed by atoms with Gasteiger partial charge >= 0.3 is 0 Å². The average Bonchev–Trinajstić information content (AvgIpc) is 3.20. The van der Waals surface area contributed by atoms with E-state index in [1.165, 1.54) is 23.3 Å². The standard InChI is InChI=1S/C14H17N5OS2/c1-4-11-15-14(22-18-11)21-13-17-16-12(10-6-5-7-20-10)19(13)8-9(2)3/h5-7,9H,4,8H2,1-3H3. The second-order valence-electron chi connectivity index (χ2n) is 5.22. The molecule has 0 fully saturated rings. The molecule has 0 aliphatic rings. The lowest BCUT2D eigenvalue weighted by Crippen LogP contribution is -2.07. The molecule has 22 heavy (non-hydrogen) atoms. The quantitative estimate of drug-likeness (QED) is 0.683. The molecule has 0 saturated heterocycles. The van der Waals surface area contributed by atoms with E-state index in [1.807, 2.05) is 19.1 Å². The normalized spacial score (nSPS) is 11.5. The van der Waals surface area contributed by atoms with Crippen molar-refractivity contribution in [3.8, 4) is 11.6 Å². The molecule has 0 unspecified atom stereocenters. The molecule has 3 heterocycles. The van der Waals surface area contributed by atoms with Gasteiger partial charge in [0, 0.05) is 13.0 Å². The number of hydrogen-bond donors (Lipinski definition) is 0. The summed E-state index contributed by atoms with van der Waals surface area (Å²) < 4.78 is 12.8. The fraction of sp³-hybridized carbons (Fsp3) is 0.429. The Bertz CT molecular complexity index is 732. The van der Waals surface area contributed by atoms with Crippen LogP contribution in [0.4, 0.5) is 0 Å². The fourth-order valence-corrected chi connectivity index (χ4v) is 3.63. The van der Waals surface area contributed by atoms with Crippen LogP contribution >= 0.6 is 23.3 Å². The summed E-state index contributed by atoms with van der Waals surface area (Å²) in [6.07, 6.45) is 2.49. The molecule has 0 atom stereocenters. The summed E-state index contributed by atoms with van der Waals surface area (Å²) in [6.45, 7) is 7.21. The molecule has 0 aromatic carbocycles. The Morgan fingerprint density at radius 1 is 1.36 bits per heavy atom. The van der Waals surface area contributed by atoms with Crippen molar-refractivity contribution < 1.29 is 4.42 Å². The predicted octanol–water partition coefficient (Wildman–Crippen LogP) is 3.76. The lowest BCUT2D eigenvalue weighted by atomic mass is 10.2. The summed E-state index contributed by atoms with van der Waals surface area (Å²) in [7, 11) is 0. The van der Waals surface area contributed by atoms with Gasteiger partial charge in [0.05, 0.1) is 6.26 Å². The monoisotopic (exact) mass is 335 g/mol. The van der Waals surface area contributed by atoms with Crippen LogP contribution in [0.3, 0.4) is 0 Å². The summed E-state index contributed by atoms with van der Waals surface area (Å²) in [5.41, 5.74) is 0. The molecule has 3 aromatic heterocycles. The predicted molar refractivity (Wildman–Crippen MR) is 86.0 cm³/mol. The highest BCUT2D eigenvalue weighted by Gasteiger charge is 2.19. The highest BCUT2D eigenvalue weighted by atomic mass is 32.2. The van der Waals surface area contributed by atoms with Crippen LogP contribution in [0.2, 0.25) is 0 Å². The Hall–Kier alpha value is -1.67. The molecule has 0 radical (unpaired) electrons. The smallest absolute Gasteiger partial charge is 0.200 e. The van der Waals surface area contributed by atoms with Crippen molar-refractivity contribution in [3.05, 3.63) is 24.2 Å². The second-order valence-corrected chi connectivity index (χ2v) is 7.19. The topological polar surface area (TPSA) is 69.6 Å². The minimum absolute atomic E-state index is 0.477. The average molecular weight is 335 g/mol. The lowest BCUT2D eigenvalue weighted by molar-refractivity contribution is 0.489. The van der Waals surface area contributed by atoms with Crippen LogP contribution in [0, 0.1) is 5.92 Å². The van der Waals surface area contributed by atoms with Crippen molar-refractivity contribution in [2.24, 2.45) is 5.92 Å². The van der Waals surface area contributed by atoms with E-state index in [1.54, 1.807) is 6.26 Å². The first-order valence-corrected chi connectivity index (χ1v) is 8.74. The first kappa shape index (κ1) is 15.2. The zero-order chi connectivity index (χ0) is 15.5. The zero-order valence-electron chi connectivity index (χ0n) is 12.7. The van der Waals surface area contributed by atoms with Crippen LogP contribution in [0.15, 0.2) is 32.3 Å². The van der Waals surface area contributed by atoms with Gasteiger partial charge in [0.15, 0.2) is 21.1 Å². The van der Waals surface area contributed by atoms with Crippen LogP contribution in [0.25, 0.3) is 11.6 Å². The first-order valence-electron chi connectivity index (χ1n) is 7.15. The van der Waals surface area contributed by atoms with Gasteiger partial charge in [0.1, 0.15) is 5.82 Å². The van der Waals surface area contributed by atoms with Crippen LogP contribution in [0.1, 0.15) is 26.6 Å². The lowest BCUT2D eigenvalue weighted by Gasteiger charge is -2.10. The van der Waals surface area contributed by atoms with Crippen molar-refractivity contribution in [2.45, 2.75) is 43.2 Å². The number of aromatic nitrogens is 5. The highest BCUT2D eigenvalue weighted by Crippen LogP contribution is 2.31. The maximum Gasteiger partial charge on any atom is 0.200 e. The van der Waals surface area contributed by atoms with E-state index in [9.17, 15) is 0 Å². The van der Waals surface area contributed by atoms with E-state index in [-0.39, 0.29) is 0 Å². The van der Waals surface area contributed by atoms with Crippen LogP contribution in [0.5, 0.6) is 0 Å². The number of nitrogens with zero attached hydrogens (tertiary/aromatic N) is 5. The molecule has 0 N–H and O–H groups in total. The molecule has 0 spiro atoms. The largest absolute Gasteiger partial charge is 0.461 e. The second kappa shape index (κ2) is 6.62. The Morgan fingerprint density at radius 3 is 2.86 bits per heavy atom. The van der Waals surface area contributed by atoms with Crippen molar-refractivity contribution >= 4 is 23.3 Å². The third-order valence-corrected chi connectivity index (χ3v) is 4.72. The van der Waals surface area contributed by atoms with E-state index in [0.717, 1.165) is 39.9 Å². The fourth-order valence-electron chi connectivity index (χ4n) is 1.98. The van der Waals surface area contributed by atoms with E-state index in [2.05, 4.69) is 38.0 Å². The SMILES string of the molecule is CCc1nsc(Sc2nnc(-c3ccco3)n2CC(C)C)n1. The van der Waals surface area contributed by atoms with E-state index in [4.69, 9.17) is 4.42 Å². The van der Waals surface area contributed by atoms with Gasteiger partial charge in [-0.25, -0.2) is 4.98 Å². The van der Waals surface area contributed by atoms with E-state index >= 15 is 0 Å². The third kappa shape index (κ3) is 3.22. The third-order valence-electron chi connectivity index (χ3n) is 2.95. The molecule has 8 heteroatoms. The molecule has 6 nitrogen and oxygen atoms in total. The van der Waals surface area contributed by atoms with E-state index in [0.29, 0.717) is 5.92 Å². The summed E-state index contributed by atoms with van der Waals surface area (Å²) in [4.78, 5) is 4.48. The highest BCUT2D eigenvalue weighted by molar-refractivity contribution is 8.00. The summed E-state index contributed by atoms with van der Waals surface area (Å²) in [5, 5.41) is 9.42. The molecule has 116 valence electrons. The van der Waals surface area contributed by atoms with Gasteiger partial charge in [-0.2, -0.15) is 4.37 Å². The molecular weight excluding hydrogens is 318 g/mol. The van der Waals surface area contributed by atoms with Crippen molar-refractivity contribution in [1.29, 1.82) is 0 Å². The number of hydrogen-bond acceptors (Lipinski definition) is 7. The van der Waals surface area contributed by atoms with Crippen molar-refractivity contribution in [3.63, 3.8) is 0 Å². The molecule has 0 amide bonds. The van der Waals surface area contributed by atoms with Crippen LogP contribution in [-0.2, 0) is 13.0 Å². The van der Waals surface area contributed by atoms with Gasteiger partial charge in [-0.15, -0.1) is 10.2 Å². The molecule has 0 aliphatic heterocycles. The van der Waals surface area contributed by atoms with E-state index < -0.39 is 0 Å². The van der Waals surface area contributed by atoms with Crippen LogP contribution < -0.4 is 0 Å². The van der Waals surface area contributed by atoms with Crippen molar-refractivity contribution in [2.75, 3.05) is 0 Å². The Balaban J connectivity index is 1.93. The Morgan fingerprint density at radius 2 is 2.23 bits per heavy atom. The number of rotatable bonds is 6. The summed E-state index contributed by atoms with van der Waals surface area (Å²) in [5.74, 6) is 2.83. The molecule has 3 rings (SSSR count). The van der Waals surface area contributed by atoms with Crippen molar-refractivity contribution in [1.82, 2.24) is 24.1 Å². The minimum atomic E-state index is 0.477. The Labute approximate surface area is 137 Å². The van der Waals surface area contributed by atoms with Gasteiger partial charge in [-0.3, -0.25) is 4.57 Å². The summed E-state index contributed by atoms with van der Waals surface area (Å²) >= 11 is 2.90. The molecule has 0 aliphatic carbocycles. The first-order chi connectivity index (χ1) is 10.7. The molecule has 3 aromatic rings. The minimum Gasteiger partial charge on any atom is -0.461 e.